The van der Waals surface area contributed by atoms with Gasteiger partial charge < -0.3 is 18.8 Å². The van der Waals surface area contributed by atoms with Gasteiger partial charge in [0.05, 0.1) is 31.2 Å². The molecule has 6 rings (SSSR count). The highest BCUT2D eigenvalue weighted by Gasteiger charge is 2.27. The van der Waals surface area contributed by atoms with E-state index in [0.717, 1.165) is 86.0 Å². The second-order valence-corrected chi connectivity index (χ2v) is 10.3. The van der Waals surface area contributed by atoms with E-state index in [4.69, 9.17) is 19.2 Å². The molecule has 2 aliphatic rings. The monoisotopic (exact) mass is 524 g/mol. The molecule has 0 aliphatic carbocycles. The van der Waals surface area contributed by atoms with Gasteiger partial charge in [0.2, 0.25) is 6.79 Å². The molecule has 2 aliphatic heterocycles. The van der Waals surface area contributed by atoms with Crippen LogP contribution in [0.4, 0.5) is 0 Å². The van der Waals surface area contributed by atoms with Crippen LogP contribution in [-0.2, 0) is 29.0 Å². The fourth-order valence-corrected chi connectivity index (χ4v) is 5.74. The highest BCUT2D eigenvalue weighted by molar-refractivity contribution is 5.76. The predicted octanol–water partition coefficient (Wildman–Crippen LogP) is 5.06. The molecular formula is C32H36N4O3. The molecule has 7 nitrogen and oxygen atoms in total. The molecule has 1 aromatic heterocycles. The predicted molar refractivity (Wildman–Crippen MR) is 152 cm³/mol. The Labute approximate surface area is 230 Å². The molecular weight excluding hydrogens is 488 g/mol. The number of hydrogen-bond acceptors (Lipinski definition) is 6. The molecule has 1 fully saturated rings. The second kappa shape index (κ2) is 11.9. The number of piperazine rings is 1. The summed E-state index contributed by atoms with van der Waals surface area (Å²) in [6, 6.07) is 27.8. The van der Waals surface area contributed by atoms with Crippen LogP contribution in [0.1, 0.15) is 23.4 Å². The lowest BCUT2D eigenvalue weighted by Gasteiger charge is -2.39. The number of benzene rings is 3. The third-order valence-electron chi connectivity index (χ3n) is 7.82. The first-order chi connectivity index (χ1) is 19.3. The van der Waals surface area contributed by atoms with Gasteiger partial charge in [0.1, 0.15) is 23.6 Å². The molecule has 1 saturated heterocycles. The van der Waals surface area contributed by atoms with E-state index in [2.05, 4.69) is 81.1 Å². The van der Waals surface area contributed by atoms with E-state index >= 15 is 0 Å². The summed E-state index contributed by atoms with van der Waals surface area (Å²) in [6.07, 6.45) is 3.64. The Morgan fingerprint density at radius 1 is 0.846 bits per heavy atom. The van der Waals surface area contributed by atoms with Crippen LogP contribution >= 0.6 is 0 Å². The molecule has 0 amide bonds. The maximum Gasteiger partial charge on any atom is 0.229 e. The molecule has 0 radical (unpaired) electrons. The molecule has 3 heterocycles. The summed E-state index contributed by atoms with van der Waals surface area (Å²) >= 11 is 0. The van der Waals surface area contributed by atoms with Gasteiger partial charge in [-0.05, 0) is 30.2 Å². The van der Waals surface area contributed by atoms with E-state index in [9.17, 15) is 0 Å². The summed E-state index contributed by atoms with van der Waals surface area (Å²) in [4.78, 5) is 10.2. The lowest BCUT2D eigenvalue weighted by molar-refractivity contribution is 0.0602. The Bertz CT molecular complexity index is 1410. The van der Waals surface area contributed by atoms with Crippen LogP contribution in [0.25, 0.3) is 11.0 Å². The number of hydrogen-bond donors (Lipinski definition) is 0. The lowest BCUT2D eigenvalue weighted by atomic mass is 10.00. The Balaban J connectivity index is 1.16. The smallest absolute Gasteiger partial charge is 0.229 e. The number of aromatic nitrogens is 2. The normalized spacial score (nSPS) is 17.0. The van der Waals surface area contributed by atoms with Crippen LogP contribution in [0, 0.1) is 0 Å². The van der Waals surface area contributed by atoms with Crippen molar-refractivity contribution in [2.75, 3.05) is 40.1 Å². The maximum atomic E-state index is 5.70. The third-order valence-corrected chi connectivity index (χ3v) is 7.82. The first-order valence-electron chi connectivity index (χ1n) is 13.8. The van der Waals surface area contributed by atoms with Crippen LogP contribution < -0.4 is 4.74 Å². The summed E-state index contributed by atoms with van der Waals surface area (Å²) in [5.74, 6) is 2.95. The number of ether oxygens (including phenoxy) is 3. The van der Waals surface area contributed by atoms with Crippen molar-refractivity contribution in [3.63, 3.8) is 0 Å². The first-order valence-corrected chi connectivity index (χ1v) is 13.8. The summed E-state index contributed by atoms with van der Waals surface area (Å²) < 4.78 is 19.0. The van der Waals surface area contributed by atoms with Crippen molar-refractivity contribution < 1.29 is 14.2 Å². The second-order valence-electron chi connectivity index (χ2n) is 10.3. The van der Waals surface area contributed by atoms with Crippen LogP contribution in [0.15, 0.2) is 90.9 Å². The van der Waals surface area contributed by atoms with Crippen LogP contribution in [-0.4, -0.2) is 65.5 Å². The number of fused-ring (bicyclic) bond motifs is 1. The van der Waals surface area contributed by atoms with E-state index in [0.29, 0.717) is 12.8 Å². The lowest BCUT2D eigenvalue weighted by Crippen LogP contribution is -2.50. The van der Waals surface area contributed by atoms with E-state index in [1.54, 1.807) is 13.4 Å². The highest BCUT2D eigenvalue weighted by atomic mass is 16.7. The molecule has 0 saturated carbocycles. The van der Waals surface area contributed by atoms with Crippen LogP contribution in [0.3, 0.4) is 0 Å². The summed E-state index contributed by atoms with van der Waals surface area (Å²) in [6.45, 7) is 5.91. The van der Waals surface area contributed by atoms with Crippen molar-refractivity contribution >= 4 is 11.0 Å². The highest BCUT2D eigenvalue weighted by Crippen LogP contribution is 2.25. The van der Waals surface area contributed by atoms with Gasteiger partial charge in [-0.25, -0.2) is 4.98 Å². The van der Waals surface area contributed by atoms with Crippen LogP contribution in [0.5, 0.6) is 5.75 Å². The van der Waals surface area contributed by atoms with Crippen molar-refractivity contribution in [2.24, 2.45) is 0 Å². The fourth-order valence-electron chi connectivity index (χ4n) is 5.74. The van der Waals surface area contributed by atoms with E-state index < -0.39 is 0 Å². The van der Waals surface area contributed by atoms with Crippen molar-refractivity contribution in [1.82, 2.24) is 19.4 Å². The fraction of sp³-hybridized carbons (Fsp3) is 0.344. The minimum Gasteiger partial charge on any atom is -0.496 e. The minimum absolute atomic E-state index is 0.330. The Morgan fingerprint density at radius 3 is 2.41 bits per heavy atom. The van der Waals surface area contributed by atoms with Gasteiger partial charge >= 0.3 is 0 Å². The van der Waals surface area contributed by atoms with Gasteiger partial charge in [0.25, 0.3) is 0 Å². The topological polar surface area (TPSA) is 52.0 Å². The Kier molecular flexibility index (Phi) is 7.79. The van der Waals surface area contributed by atoms with Crippen molar-refractivity contribution in [1.29, 1.82) is 0 Å². The summed E-state index contributed by atoms with van der Waals surface area (Å²) in [5, 5.41) is 0. The van der Waals surface area contributed by atoms with Crippen LogP contribution in [0.2, 0.25) is 0 Å². The molecule has 7 heteroatoms. The number of methoxy groups -OCH3 is 1. The molecule has 1 atom stereocenters. The molecule has 0 N–H and O–H groups in total. The Morgan fingerprint density at radius 2 is 1.62 bits per heavy atom. The number of nitrogens with zero attached hydrogens (tertiary/aromatic N) is 4. The van der Waals surface area contributed by atoms with Crippen molar-refractivity contribution in [2.45, 2.75) is 32.0 Å². The maximum absolute atomic E-state index is 5.70. The summed E-state index contributed by atoms with van der Waals surface area (Å²) in [5.41, 5.74) is 4.71. The molecule has 0 bridgehead atoms. The number of rotatable bonds is 10. The molecule has 1 unspecified atom stereocenters. The zero-order valence-electron chi connectivity index (χ0n) is 22.5. The SMILES string of the molecule is COc1ccccc1Cn1c(CN2CCN(C(CC3=COCO3)Cc3ccccc3)CC2)nc2ccccc21. The van der Waals surface area contributed by atoms with Crippen molar-refractivity contribution in [3.05, 3.63) is 108 Å². The van der Waals surface area contributed by atoms with Gasteiger partial charge in [-0.2, -0.15) is 0 Å². The van der Waals surface area contributed by atoms with E-state index in [-0.39, 0.29) is 0 Å². The standard InChI is InChI=1S/C32H36N4O3/c1-37-31-14-8-5-11-26(31)21-36-30-13-7-6-12-29(30)33-32(36)22-34-15-17-35(18-16-34)27(20-28-23-38-24-39-28)19-25-9-3-2-4-10-25/h2-14,23,27H,15-22,24H2,1H3. The van der Waals surface area contributed by atoms with Gasteiger partial charge in [0, 0.05) is 44.2 Å². The average molecular weight is 525 g/mol. The van der Waals surface area contributed by atoms with Gasteiger partial charge in [0.15, 0.2) is 0 Å². The summed E-state index contributed by atoms with van der Waals surface area (Å²) in [7, 11) is 1.73. The van der Waals surface area contributed by atoms with Gasteiger partial charge in [-0.1, -0.05) is 60.7 Å². The number of imidazole rings is 1. The van der Waals surface area contributed by atoms with E-state index in [1.165, 1.54) is 5.56 Å². The molecule has 0 spiro atoms. The molecule has 3 aromatic carbocycles. The number of para-hydroxylation sites is 3. The largest absolute Gasteiger partial charge is 0.496 e. The zero-order chi connectivity index (χ0) is 26.4. The van der Waals surface area contributed by atoms with E-state index in [1.807, 2.05) is 12.1 Å². The molecule has 202 valence electrons. The van der Waals surface area contributed by atoms with Gasteiger partial charge in [-0.15, -0.1) is 0 Å². The Hall–Kier alpha value is -3.81. The van der Waals surface area contributed by atoms with Gasteiger partial charge in [-0.3, -0.25) is 9.80 Å². The quantitative estimate of drug-likeness (QED) is 0.289. The molecule has 4 aromatic rings. The van der Waals surface area contributed by atoms with Crippen molar-refractivity contribution in [3.8, 4) is 5.75 Å². The first kappa shape index (κ1) is 25.5. The molecule has 39 heavy (non-hydrogen) atoms. The minimum atomic E-state index is 0.330. The third kappa shape index (κ3) is 5.95. The average Bonchev–Trinajstić information content (AvgIpc) is 3.62. The zero-order valence-corrected chi connectivity index (χ0v) is 22.5.